The molecule has 0 spiro atoms. The van der Waals surface area contributed by atoms with Gasteiger partial charge in [0.1, 0.15) is 5.75 Å². The lowest BCUT2D eigenvalue weighted by molar-refractivity contribution is -0.384. The van der Waals surface area contributed by atoms with Gasteiger partial charge < -0.3 is 20.7 Å². The maximum atomic E-state index is 12.9. The fraction of sp³-hybridized carbons (Fsp3) is 0.158. The van der Waals surface area contributed by atoms with Crippen molar-refractivity contribution in [3.05, 3.63) is 75.5 Å². The first-order valence-electron chi connectivity index (χ1n) is 8.64. The van der Waals surface area contributed by atoms with Crippen LogP contribution in [0, 0.1) is 10.1 Å². The summed E-state index contributed by atoms with van der Waals surface area (Å²) in [6.07, 6.45) is 0. The predicted molar refractivity (Wildman–Crippen MR) is 102 cm³/mol. The molecule has 1 aliphatic rings. The standard InChI is InChI=1S/C19H16F2N4O5/c1-10-15(17(26)23-11-6-8-12(9-7-11)25(28)29)16(24-19(27)22-10)13-4-2-3-5-14(13)30-18(20)21/h2-9,16,18H,1H3,(H,23,26)(H2,22,24,27). The van der Waals surface area contributed by atoms with Crippen molar-refractivity contribution in [2.75, 3.05) is 5.32 Å². The summed E-state index contributed by atoms with van der Waals surface area (Å²) in [5.41, 5.74) is 0.582. The smallest absolute Gasteiger partial charge is 0.387 e. The quantitative estimate of drug-likeness (QED) is 0.490. The minimum atomic E-state index is -3.09. The summed E-state index contributed by atoms with van der Waals surface area (Å²) >= 11 is 0. The van der Waals surface area contributed by atoms with E-state index in [0.29, 0.717) is 0 Å². The summed E-state index contributed by atoms with van der Waals surface area (Å²) in [6.45, 7) is -1.60. The number of nitro benzene ring substituents is 1. The molecular formula is C19H16F2N4O5. The summed E-state index contributed by atoms with van der Waals surface area (Å²) in [4.78, 5) is 35.1. The molecule has 2 aromatic rings. The number of ether oxygens (including phenoxy) is 1. The second kappa shape index (κ2) is 8.55. The third kappa shape index (κ3) is 4.51. The van der Waals surface area contributed by atoms with Gasteiger partial charge in [-0.2, -0.15) is 8.78 Å². The van der Waals surface area contributed by atoms with Gasteiger partial charge in [-0.1, -0.05) is 18.2 Å². The third-order valence-corrected chi connectivity index (χ3v) is 4.30. The molecule has 0 radical (unpaired) electrons. The number of benzene rings is 2. The molecule has 0 bridgehead atoms. The molecular weight excluding hydrogens is 402 g/mol. The minimum Gasteiger partial charge on any atom is -0.434 e. The summed E-state index contributed by atoms with van der Waals surface area (Å²) in [5, 5.41) is 18.3. The van der Waals surface area contributed by atoms with E-state index < -0.39 is 29.5 Å². The predicted octanol–water partition coefficient (Wildman–Crippen LogP) is 3.46. The Labute approximate surface area is 168 Å². The van der Waals surface area contributed by atoms with Crippen LogP contribution in [-0.2, 0) is 4.79 Å². The minimum absolute atomic E-state index is 0.0678. The molecule has 11 heteroatoms. The van der Waals surface area contributed by atoms with E-state index in [1.165, 1.54) is 49.4 Å². The van der Waals surface area contributed by atoms with E-state index >= 15 is 0 Å². The van der Waals surface area contributed by atoms with Crippen molar-refractivity contribution in [3.63, 3.8) is 0 Å². The van der Waals surface area contributed by atoms with Crippen LogP contribution < -0.4 is 20.7 Å². The first-order valence-corrected chi connectivity index (χ1v) is 8.64. The van der Waals surface area contributed by atoms with Crippen molar-refractivity contribution in [2.24, 2.45) is 0 Å². The summed E-state index contributed by atoms with van der Waals surface area (Å²) in [7, 11) is 0. The van der Waals surface area contributed by atoms with Gasteiger partial charge in [-0.15, -0.1) is 0 Å². The molecule has 3 amide bonds. The number of nitrogens with one attached hydrogen (secondary N) is 3. The Kier molecular flexibility index (Phi) is 5.90. The lowest BCUT2D eigenvalue weighted by Crippen LogP contribution is -2.46. The number of non-ortho nitro benzene ring substituents is 1. The Bertz CT molecular complexity index is 1020. The highest BCUT2D eigenvalue weighted by Gasteiger charge is 2.33. The molecule has 0 saturated heterocycles. The summed E-state index contributed by atoms with van der Waals surface area (Å²) < 4.78 is 30.1. The van der Waals surface area contributed by atoms with Crippen molar-refractivity contribution >= 4 is 23.3 Å². The maximum absolute atomic E-state index is 12.9. The monoisotopic (exact) mass is 418 g/mol. The highest BCUT2D eigenvalue weighted by Crippen LogP contribution is 2.34. The van der Waals surface area contributed by atoms with Gasteiger partial charge in [-0.3, -0.25) is 14.9 Å². The number of alkyl halides is 2. The molecule has 156 valence electrons. The molecule has 3 rings (SSSR count). The van der Waals surface area contributed by atoms with Gasteiger partial charge in [-0.25, -0.2) is 4.79 Å². The average Bonchev–Trinajstić information content (AvgIpc) is 2.67. The van der Waals surface area contributed by atoms with Gasteiger partial charge in [-0.05, 0) is 25.1 Å². The van der Waals surface area contributed by atoms with Crippen molar-refractivity contribution in [3.8, 4) is 5.75 Å². The van der Waals surface area contributed by atoms with Crippen LogP contribution in [0.3, 0.4) is 0 Å². The number of carbonyl (C=O) groups excluding carboxylic acids is 2. The first-order chi connectivity index (χ1) is 14.3. The van der Waals surface area contributed by atoms with Crippen LogP contribution in [0.2, 0.25) is 0 Å². The van der Waals surface area contributed by atoms with E-state index in [-0.39, 0.29) is 34.0 Å². The molecule has 30 heavy (non-hydrogen) atoms. The van der Waals surface area contributed by atoms with E-state index in [9.17, 15) is 28.5 Å². The number of hydrogen-bond acceptors (Lipinski definition) is 5. The zero-order chi connectivity index (χ0) is 21.8. The second-order valence-corrected chi connectivity index (χ2v) is 6.24. The summed E-state index contributed by atoms with van der Waals surface area (Å²) in [5.74, 6) is -0.821. The number of nitro groups is 1. The van der Waals surface area contributed by atoms with Crippen LogP contribution in [0.1, 0.15) is 18.5 Å². The number of nitrogens with zero attached hydrogens (tertiary/aromatic N) is 1. The Hall–Kier alpha value is -4.02. The summed E-state index contributed by atoms with van der Waals surface area (Å²) in [6, 6.07) is 9.27. The molecule has 0 fully saturated rings. The van der Waals surface area contributed by atoms with Crippen LogP contribution in [0.25, 0.3) is 0 Å². The van der Waals surface area contributed by atoms with Crippen LogP contribution in [0.4, 0.5) is 25.0 Å². The van der Waals surface area contributed by atoms with E-state index in [1.807, 2.05) is 0 Å². The number of amides is 3. The molecule has 3 N–H and O–H groups in total. The lowest BCUT2D eigenvalue weighted by atomic mass is 9.94. The molecule has 1 aliphatic heterocycles. The van der Waals surface area contributed by atoms with Crippen molar-refractivity contribution in [1.29, 1.82) is 0 Å². The molecule has 0 saturated carbocycles. The van der Waals surface area contributed by atoms with Crippen molar-refractivity contribution in [1.82, 2.24) is 10.6 Å². The van der Waals surface area contributed by atoms with E-state index in [4.69, 9.17) is 0 Å². The fourth-order valence-electron chi connectivity index (χ4n) is 3.02. The molecule has 0 aromatic heterocycles. The molecule has 0 aliphatic carbocycles. The maximum Gasteiger partial charge on any atom is 0.387 e. The van der Waals surface area contributed by atoms with E-state index in [0.717, 1.165) is 0 Å². The Morgan fingerprint density at radius 3 is 2.50 bits per heavy atom. The van der Waals surface area contributed by atoms with Crippen LogP contribution in [0.15, 0.2) is 59.8 Å². The highest BCUT2D eigenvalue weighted by molar-refractivity contribution is 6.06. The van der Waals surface area contributed by atoms with Gasteiger partial charge in [0.05, 0.1) is 16.5 Å². The molecule has 1 heterocycles. The molecule has 9 nitrogen and oxygen atoms in total. The number of carbonyl (C=O) groups is 2. The number of para-hydroxylation sites is 1. The highest BCUT2D eigenvalue weighted by atomic mass is 19.3. The van der Waals surface area contributed by atoms with Crippen molar-refractivity contribution < 1.29 is 28.0 Å². The topological polar surface area (TPSA) is 123 Å². The van der Waals surface area contributed by atoms with Crippen molar-refractivity contribution in [2.45, 2.75) is 19.6 Å². The Morgan fingerprint density at radius 2 is 1.87 bits per heavy atom. The first kappa shape index (κ1) is 20.7. The molecule has 1 unspecified atom stereocenters. The second-order valence-electron chi connectivity index (χ2n) is 6.24. The Morgan fingerprint density at radius 1 is 1.20 bits per heavy atom. The zero-order valence-corrected chi connectivity index (χ0v) is 15.5. The molecule has 2 aromatic carbocycles. The SMILES string of the molecule is CC1=C(C(=O)Nc2ccc([N+](=O)[O-])cc2)C(c2ccccc2OC(F)F)NC(=O)N1. The fourth-order valence-corrected chi connectivity index (χ4v) is 3.02. The third-order valence-electron chi connectivity index (χ3n) is 4.30. The van der Waals surface area contributed by atoms with Gasteiger partial charge in [0, 0.05) is 29.1 Å². The van der Waals surface area contributed by atoms with E-state index in [2.05, 4.69) is 20.7 Å². The number of hydrogen-bond donors (Lipinski definition) is 3. The number of urea groups is 1. The zero-order valence-electron chi connectivity index (χ0n) is 15.5. The van der Waals surface area contributed by atoms with Gasteiger partial charge in [0.25, 0.3) is 11.6 Å². The van der Waals surface area contributed by atoms with E-state index in [1.54, 1.807) is 6.07 Å². The van der Waals surface area contributed by atoms with Gasteiger partial charge >= 0.3 is 12.6 Å². The van der Waals surface area contributed by atoms with Crippen LogP contribution in [-0.4, -0.2) is 23.5 Å². The lowest BCUT2D eigenvalue weighted by Gasteiger charge is -2.29. The van der Waals surface area contributed by atoms with Gasteiger partial charge in [0.2, 0.25) is 0 Å². The largest absolute Gasteiger partial charge is 0.434 e. The number of rotatable bonds is 6. The normalized spacial score (nSPS) is 16.0. The van der Waals surface area contributed by atoms with Gasteiger partial charge in [0.15, 0.2) is 0 Å². The number of halogens is 2. The molecule has 1 atom stereocenters. The van der Waals surface area contributed by atoms with Crippen LogP contribution in [0.5, 0.6) is 5.75 Å². The number of allylic oxidation sites excluding steroid dienone is 1. The van der Waals surface area contributed by atoms with Crippen LogP contribution >= 0.6 is 0 Å². The number of anilines is 1. The Balaban J connectivity index is 1.94. The average molecular weight is 418 g/mol.